The van der Waals surface area contributed by atoms with Crippen molar-refractivity contribution in [1.29, 1.82) is 0 Å². The van der Waals surface area contributed by atoms with Crippen LogP contribution in [0.15, 0.2) is 18.3 Å². The maximum absolute atomic E-state index is 6.31. The van der Waals surface area contributed by atoms with Crippen LogP contribution in [-0.2, 0) is 0 Å². The Labute approximate surface area is 129 Å². The first-order valence-corrected chi connectivity index (χ1v) is 7.50. The van der Waals surface area contributed by atoms with Crippen molar-refractivity contribution in [3.8, 4) is 0 Å². The van der Waals surface area contributed by atoms with Crippen molar-refractivity contribution >= 4 is 29.1 Å². The third kappa shape index (κ3) is 3.08. The molecule has 1 aliphatic heterocycles. The van der Waals surface area contributed by atoms with Gasteiger partial charge in [0.15, 0.2) is 5.82 Å². The van der Waals surface area contributed by atoms with Crippen LogP contribution in [0.5, 0.6) is 0 Å². The minimum Gasteiger partial charge on any atom is -0.339 e. The van der Waals surface area contributed by atoms with Crippen molar-refractivity contribution in [2.75, 3.05) is 23.3 Å². The van der Waals surface area contributed by atoms with Crippen LogP contribution in [0.4, 0.5) is 17.5 Å². The number of anilines is 3. The Morgan fingerprint density at radius 2 is 1.95 bits per heavy atom. The Kier molecular flexibility index (Phi) is 3.92. The van der Waals surface area contributed by atoms with E-state index in [1.165, 1.54) is 12.8 Å². The first-order valence-electron chi connectivity index (χ1n) is 7.12. The standard InChI is InChI=1S/C15H18ClN5/c1-10-7-11(2)14(12(16)8-10)18-13-9-17-20-15(19-13)21-5-3-4-6-21/h7-9H,3-6H2,1-2H3,(H,18,19,20). The average Bonchev–Trinajstić information content (AvgIpc) is 2.97. The van der Waals surface area contributed by atoms with Gasteiger partial charge in [-0.2, -0.15) is 10.1 Å². The highest BCUT2D eigenvalue weighted by Gasteiger charge is 2.16. The van der Waals surface area contributed by atoms with Crippen molar-refractivity contribution in [2.24, 2.45) is 0 Å². The second-order valence-electron chi connectivity index (χ2n) is 5.40. The highest BCUT2D eigenvalue weighted by Crippen LogP contribution is 2.29. The van der Waals surface area contributed by atoms with E-state index in [0.717, 1.165) is 29.9 Å². The molecule has 0 unspecified atom stereocenters. The lowest BCUT2D eigenvalue weighted by molar-refractivity contribution is 0.852. The Bertz CT molecular complexity index is 629. The van der Waals surface area contributed by atoms with Crippen LogP contribution in [0.3, 0.4) is 0 Å². The van der Waals surface area contributed by atoms with Gasteiger partial charge in [-0.1, -0.05) is 17.7 Å². The highest BCUT2D eigenvalue weighted by atomic mass is 35.5. The summed E-state index contributed by atoms with van der Waals surface area (Å²) in [6.07, 6.45) is 3.99. The number of aromatic nitrogens is 3. The van der Waals surface area contributed by atoms with Gasteiger partial charge in [0.05, 0.1) is 16.9 Å². The fraction of sp³-hybridized carbons (Fsp3) is 0.400. The first-order chi connectivity index (χ1) is 10.1. The van der Waals surface area contributed by atoms with E-state index in [1.807, 2.05) is 19.9 Å². The largest absolute Gasteiger partial charge is 0.339 e. The minimum absolute atomic E-state index is 0.667. The molecular formula is C15H18ClN5. The molecule has 6 heteroatoms. The van der Waals surface area contributed by atoms with Gasteiger partial charge >= 0.3 is 0 Å². The van der Waals surface area contributed by atoms with E-state index in [2.05, 4.69) is 31.5 Å². The van der Waals surface area contributed by atoms with Crippen molar-refractivity contribution < 1.29 is 0 Å². The van der Waals surface area contributed by atoms with Gasteiger partial charge < -0.3 is 10.2 Å². The summed E-state index contributed by atoms with van der Waals surface area (Å²) in [4.78, 5) is 6.69. The minimum atomic E-state index is 0.667. The van der Waals surface area contributed by atoms with Crippen LogP contribution in [0.25, 0.3) is 0 Å². The predicted octanol–water partition coefficient (Wildman–Crippen LogP) is 3.49. The number of halogens is 1. The third-order valence-corrected chi connectivity index (χ3v) is 3.92. The summed E-state index contributed by atoms with van der Waals surface area (Å²) in [5.74, 6) is 1.35. The van der Waals surface area contributed by atoms with E-state index in [9.17, 15) is 0 Å². The molecule has 0 radical (unpaired) electrons. The molecule has 0 aliphatic carbocycles. The van der Waals surface area contributed by atoms with Crippen LogP contribution >= 0.6 is 11.6 Å². The molecule has 1 aliphatic rings. The molecule has 0 spiro atoms. The van der Waals surface area contributed by atoms with E-state index in [4.69, 9.17) is 11.6 Å². The van der Waals surface area contributed by atoms with Gasteiger partial charge in [-0.25, -0.2) is 0 Å². The fourth-order valence-electron chi connectivity index (χ4n) is 2.61. The molecule has 110 valence electrons. The molecule has 21 heavy (non-hydrogen) atoms. The number of nitrogens with one attached hydrogen (secondary N) is 1. The molecule has 0 atom stereocenters. The van der Waals surface area contributed by atoms with Gasteiger partial charge in [0.2, 0.25) is 5.95 Å². The molecule has 2 aromatic rings. The van der Waals surface area contributed by atoms with E-state index in [-0.39, 0.29) is 0 Å². The Morgan fingerprint density at radius 1 is 1.19 bits per heavy atom. The van der Waals surface area contributed by atoms with Crippen molar-refractivity contribution in [3.05, 3.63) is 34.5 Å². The monoisotopic (exact) mass is 303 g/mol. The van der Waals surface area contributed by atoms with Crippen LogP contribution in [0, 0.1) is 13.8 Å². The second kappa shape index (κ2) is 5.85. The number of hydrogen-bond acceptors (Lipinski definition) is 5. The molecule has 0 amide bonds. The van der Waals surface area contributed by atoms with Crippen molar-refractivity contribution in [2.45, 2.75) is 26.7 Å². The summed E-state index contributed by atoms with van der Waals surface area (Å²) >= 11 is 6.31. The maximum atomic E-state index is 6.31. The van der Waals surface area contributed by atoms with Crippen LogP contribution in [-0.4, -0.2) is 28.3 Å². The lowest BCUT2D eigenvalue weighted by Gasteiger charge is -2.16. The summed E-state index contributed by atoms with van der Waals surface area (Å²) in [7, 11) is 0. The zero-order chi connectivity index (χ0) is 14.8. The molecule has 0 bridgehead atoms. The van der Waals surface area contributed by atoms with Gasteiger partial charge in [-0.05, 0) is 43.9 Å². The summed E-state index contributed by atoms with van der Waals surface area (Å²) in [6.45, 7) is 6.04. The van der Waals surface area contributed by atoms with Crippen LogP contribution in [0.2, 0.25) is 5.02 Å². The lowest BCUT2D eigenvalue weighted by Crippen LogP contribution is -2.21. The topological polar surface area (TPSA) is 53.9 Å². The molecule has 1 N–H and O–H groups in total. The van der Waals surface area contributed by atoms with E-state index in [0.29, 0.717) is 16.8 Å². The molecular weight excluding hydrogens is 286 g/mol. The summed E-state index contributed by atoms with van der Waals surface area (Å²) in [5, 5.41) is 12.1. The van der Waals surface area contributed by atoms with E-state index in [1.54, 1.807) is 6.20 Å². The van der Waals surface area contributed by atoms with Gasteiger partial charge in [-0.15, -0.1) is 5.10 Å². The molecule has 1 aromatic carbocycles. The molecule has 1 fully saturated rings. The molecule has 1 aromatic heterocycles. The zero-order valence-electron chi connectivity index (χ0n) is 12.2. The number of nitrogens with zero attached hydrogens (tertiary/aromatic N) is 4. The quantitative estimate of drug-likeness (QED) is 0.940. The normalized spacial score (nSPS) is 14.5. The maximum Gasteiger partial charge on any atom is 0.247 e. The van der Waals surface area contributed by atoms with Crippen molar-refractivity contribution in [1.82, 2.24) is 15.2 Å². The first kappa shape index (κ1) is 14.1. The van der Waals surface area contributed by atoms with Crippen LogP contribution in [0.1, 0.15) is 24.0 Å². The summed E-state index contributed by atoms with van der Waals surface area (Å²) in [5.41, 5.74) is 3.10. The smallest absolute Gasteiger partial charge is 0.247 e. The Balaban J connectivity index is 1.86. The van der Waals surface area contributed by atoms with E-state index < -0.39 is 0 Å². The number of aryl methyl sites for hydroxylation is 2. The highest BCUT2D eigenvalue weighted by molar-refractivity contribution is 6.33. The number of benzene rings is 1. The predicted molar refractivity (Wildman–Crippen MR) is 85.5 cm³/mol. The van der Waals surface area contributed by atoms with Gasteiger partial charge in [0.25, 0.3) is 0 Å². The molecule has 5 nitrogen and oxygen atoms in total. The lowest BCUT2D eigenvalue weighted by atomic mass is 10.1. The molecule has 2 heterocycles. The average molecular weight is 304 g/mol. The van der Waals surface area contributed by atoms with Crippen LogP contribution < -0.4 is 10.2 Å². The molecule has 1 saturated heterocycles. The SMILES string of the molecule is Cc1cc(C)c(Nc2cnnc(N3CCCC3)n2)c(Cl)c1. The molecule has 0 saturated carbocycles. The molecule has 3 rings (SSSR count). The van der Waals surface area contributed by atoms with Gasteiger partial charge in [0, 0.05) is 13.1 Å². The van der Waals surface area contributed by atoms with E-state index >= 15 is 0 Å². The number of hydrogen-bond donors (Lipinski definition) is 1. The third-order valence-electron chi connectivity index (χ3n) is 3.62. The van der Waals surface area contributed by atoms with Crippen molar-refractivity contribution in [3.63, 3.8) is 0 Å². The number of rotatable bonds is 3. The van der Waals surface area contributed by atoms with Gasteiger partial charge in [-0.3, -0.25) is 0 Å². The Morgan fingerprint density at radius 3 is 2.67 bits per heavy atom. The Hall–Kier alpha value is -1.88. The summed E-state index contributed by atoms with van der Waals surface area (Å²) in [6, 6.07) is 4.02. The second-order valence-corrected chi connectivity index (χ2v) is 5.81. The fourth-order valence-corrected chi connectivity index (χ4v) is 2.98. The van der Waals surface area contributed by atoms with Gasteiger partial charge in [0.1, 0.15) is 0 Å². The zero-order valence-corrected chi connectivity index (χ0v) is 13.0. The summed E-state index contributed by atoms with van der Waals surface area (Å²) < 4.78 is 0.